The van der Waals surface area contributed by atoms with Crippen LogP contribution in [0.25, 0.3) is 0 Å². The number of amides is 2. The zero-order valence-electron chi connectivity index (χ0n) is 12.4. The Labute approximate surface area is 125 Å². The summed E-state index contributed by atoms with van der Waals surface area (Å²) in [6, 6.07) is -0.139. The summed E-state index contributed by atoms with van der Waals surface area (Å²) < 4.78 is 0. The van der Waals surface area contributed by atoms with Crippen LogP contribution in [0.3, 0.4) is 0 Å². The van der Waals surface area contributed by atoms with Gasteiger partial charge in [0.15, 0.2) is 0 Å². The van der Waals surface area contributed by atoms with E-state index >= 15 is 0 Å². The maximum atomic E-state index is 12.3. The lowest BCUT2D eigenvalue weighted by molar-refractivity contribution is -0.145. The monoisotopic (exact) mass is 295 g/mol. The highest BCUT2D eigenvalue weighted by atomic mass is 16.4. The lowest BCUT2D eigenvalue weighted by Gasteiger charge is -2.45. The highest BCUT2D eigenvalue weighted by Gasteiger charge is 2.42. The molecule has 21 heavy (non-hydrogen) atoms. The molecular weight excluding hydrogens is 270 g/mol. The van der Waals surface area contributed by atoms with E-state index in [2.05, 4.69) is 15.5 Å². The molecule has 1 aliphatic carbocycles. The molecule has 1 atom stereocenters. The molecule has 3 heterocycles. The molecule has 3 saturated heterocycles. The molecule has 0 spiro atoms. The Kier molecular flexibility index (Phi) is 4.06. The van der Waals surface area contributed by atoms with E-state index in [1.807, 2.05) is 0 Å². The van der Waals surface area contributed by atoms with Gasteiger partial charge in [0.25, 0.3) is 0 Å². The van der Waals surface area contributed by atoms with Gasteiger partial charge in [-0.25, -0.2) is 9.59 Å². The van der Waals surface area contributed by atoms with Gasteiger partial charge in [-0.1, -0.05) is 19.3 Å². The van der Waals surface area contributed by atoms with Crippen LogP contribution >= 0.6 is 0 Å². The van der Waals surface area contributed by atoms with Crippen molar-refractivity contribution in [1.82, 2.24) is 15.5 Å². The molecule has 1 unspecified atom stereocenters. The summed E-state index contributed by atoms with van der Waals surface area (Å²) >= 11 is 0. The van der Waals surface area contributed by atoms with Crippen LogP contribution in [-0.2, 0) is 4.79 Å². The number of rotatable bonds is 3. The Bertz CT molecular complexity index is 412. The molecule has 0 aromatic heterocycles. The van der Waals surface area contributed by atoms with Gasteiger partial charge in [-0.05, 0) is 44.7 Å². The van der Waals surface area contributed by atoms with Gasteiger partial charge in [0.05, 0.1) is 0 Å². The number of hydrogen-bond acceptors (Lipinski definition) is 3. The SMILES string of the molecule is O=C(NC1CN2CCC1CC2)NC1(C(=O)O)CCCCC1. The van der Waals surface area contributed by atoms with Gasteiger partial charge in [-0.15, -0.1) is 0 Å². The Hall–Kier alpha value is -1.30. The van der Waals surface area contributed by atoms with Gasteiger partial charge >= 0.3 is 12.0 Å². The van der Waals surface area contributed by atoms with Crippen LogP contribution in [0.4, 0.5) is 4.79 Å². The van der Waals surface area contributed by atoms with Crippen LogP contribution < -0.4 is 10.6 Å². The number of nitrogens with one attached hydrogen (secondary N) is 2. The van der Waals surface area contributed by atoms with E-state index in [1.54, 1.807) is 0 Å². The molecule has 2 amide bonds. The summed E-state index contributed by atoms with van der Waals surface area (Å²) in [6.07, 6.45) is 6.13. The van der Waals surface area contributed by atoms with Gasteiger partial charge < -0.3 is 20.6 Å². The normalized spacial score (nSPS) is 34.2. The summed E-state index contributed by atoms with van der Waals surface area (Å²) in [5, 5.41) is 15.3. The summed E-state index contributed by atoms with van der Waals surface area (Å²) in [5.41, 5.74) is -1.06. The Morgan fingerprint density at radius 1 is 1.10 bits per heavy atom. The van der Waals surface area contributed by atoms with Gasteiger partial charge in [0.1, 0.15) is 5.54 Å². The fourth-order valence-electron chi connectivity index (χ4n) is 4.10. The zero-order valence-corrected chi connectivity index (χ0v) is 12.4. The van der Waals surface area contributed by atoms with E-state index in [9.17, 15) is 14.7 Å². The minimum absolute atomic E-state index is 0.168. The van der Waals surface area contributed by atoms with Crippen LogP contribution in [0.5, 0.6) is 0 Å². The van der Waals surface area contributed by atoms with Gasteiger partial charge in [0.2, 0.25) is 0 Å². The summed E-state index contributed by atoms with van der Waals surface area (Å²) in [6.45, 7) is 3.16. The van der Waals surface area contributed by atoms with E-state index in [0.29, 0.717) is 18.8 Å². The molecule has 0 aromatic rings. The minimum atomic E-state index is -1.06. The first-order chi connectivity index (χ1) is 10.1. The van der Waals surface area contributed by atoms with Crippen LogP contribution in [0, 0.1) is 5.92 Å². The number of carbonyl (C=O) groups excluding carboxylic acids is 1. The second kappa shape index (κ2) is 5.83. The van der Waals surface area contributed by atoms with Crippen molar-refractivity contribution in [2.45, 2.75) is 56.5 Å². The minimum Gasteiger partial charge on any atom is -0.480 e. The van der Waals surface area contributed by atoms with Crippen LogP contribution in [-0.4, -0.2) is 53.2 Å². The fraction of sp³-hybridized carbons (Fsp3) is 0.867. The highest BCUT2D eigenvalue weighted by Crippen LogP contribution is 2.29. The number of aliphatic carboxylic acids is 1. The number of carboxylic acid groups (broad SMARTS) is 1. The Morgan fingerprint density at radius 2 is 1.76 bits per heavy atom. The van der Waals surface area contributed by atoms with Crippen molar-refractivity contribution in [3.63, 3.8) is 0 Å². The quantitative estimate of drug-likeness (QED) is 0.730. The second-order valence-electron chi connectivity index (χ2n) is 6.79. The molecule has 3 aliphatic heterocycles. The van der Waals surface area contributed by atoms with Crippen molar-refractivity contribution < 1.29 is 14.7 Å². The lowest BCUT2D eigenvalue weighted by atomic mass is 9.81. The maximum Gasteiger partial charge on any atom is 0.329 e. The molecule has 4 aliphatic rings. The Morgan fingerprint density at radius 3 is 2.29 bits per heavy atom. The van der Waals surface area contributed by atoms with Gasteiger partial charge in [-0.2, -0.15) is 0 Å². The third kappa shape index (κ3) is 3.00. The van der Waals surface area contributed by atoms with Crippen molar-refractivity contribution in [2.24, 2.45) is 5.92 Å². The predicted octanol–water partition coefficient (Wildman–Crippen LogP) is 1.17. The molecule has 6 nitrogen and oxygen atoms in total. The number of urea groups is 1. The van der Waals surface area contributed by atoms with Crippen LogP contribution in [0.2, 0.25) is 0 Å². The van der Waals surface area contributed by atoms with Crippen molar-refractivity contribution in [3.8, 4) is 0 Å². The molecule has 4 rings (SSSR count). The van der Waals surface area contributed by atoms with Crippen molar-refractivity contribution in [2.75, 3.05) is 19.6 Å². The molecule has 0 aromatic carbocycles. The van der Waals surface area contributed by atoms with E-state index in [0.717, 1.165) is 51.7 Å². The largest absolute Gasteiger partial charge is 0.480 e. The molecule has 3 N–H and O–H groups in total. The highest BCUT2D eigenvalue weighted by molar-refractivity contribution is 5.86. The number of hydrogen-bond donors (Lipinski definition) is 3. The molecular formula is C15H25N3O3. The average molecular weight is 295 g/mol. The van der Waals surface area contributed by atoms with Crippen LogP contribution in [0.1, 0.15) is 44.9 Å². The first-order valence-corrected chi connectivity index (χ1v) is 8.13. The third-order valence-electron chi connectivity index (χ3n) is 5.44. The van der Waals surface area contributed by atoms with E-state index in [4.69, 9.17) is 0 Å². The van der Waals surface area contributed by atoms with E-state index < -0.39 is 11.5 Å². The van der Waals surface area contributed by atoms with Crippen molar-refractivity contribution >= 4 is 12.0 Å². The average Bonchev–Trinajstić information content (AvgIpc) is 2.49. The molecule has 6 heteroatoms. The summed E-state index contributed by atoms with van der Waals surface area (Å²) in [7, 11) is 0. The number of nitrogens with zero attached hydrogens (tertiary/aromatic N) is 1. The van der Waals surface area contributed by atoms with Gasteiger partial charge in [-0.3, -0.25) is 0 Å². The van der Waals surface area contributed by atoms with Crippen molar-refractivity contribution in [1.29, 1.82) is 0 Å². The van der Waals surface area contributed by atoms with Crippen molar-refractivity contribution in [3.05, 3.63) is 0 Å². The number of fused-ring (bicyclic) bond motifs is 3. The first-order valence-electron chi connectivity index (χ1n) is 8.13. The smallest absolute Gasteiger partial charge is 0.329 e. The zero-order chi connectivity index (χ0) is 14.9. The standard InChI is InChI=1S/C15H25N3O3/c19-13(20)15(6-2-1-3-7-15)17-14(21)16-12-10-18-8-4-11(12)5-9-18/h11-12H,1-10H2,(H,19,20)(H2,16,17,21). The number of carbonyl (C=O) groups is 2. The number of carboxylic acids is 1. The maximum absolute atomic E-state index is 12.3. The molecule has 1 saturated carbocycles. The predicted molar refractivity (Wildman–Crippen MR) is 78.1 cm³/mol. The van der Waals surface area contributed by atoms with Crippen LogP contribution in [0.15, 0.2) is 0 Å². The Balaban J connectivity index is 1.59. The molecule has 4 fully saturated rings. The number of piperidine rings is 3. The van der Waals surface area contributed by atoms with E-state index in [1.165, 1.54) is 0 Å². The molecule has 0 radical (unpaired) electrons. The molecule has 118 valence electrons. The summed E-state index contributed by atoms with van der Waals surface area (Å²) in [5.74, 6) is -0.348. The molecule has 2 bridgehead atoms. The third-order valence-corrected chi connectivity index (χ3v) is 5.44. The fourth-order valence-corrected chi connectivity index (χ4v) is 4.10. The first kappa shape index (κ1) is 14.6. The second-order valence-corrected chi connectivity index (χ2v) is 6.79. The van der Waals surface area contributed by atoms with Gasteiger partial charge in [0, 0.05) is 12.6 Å². The lowest BCUT2D eigenvalue weighted by Crippen LogP contribution is -2.63. The topological polar surface area (TPSA) is 81.7 Å². The summed E-state index contributed by atoms with van der Waals surface area (Å²) in [4.78, 5) is 26.2. The van der Waals surface area contributed by atoms with E-state index in [-0.39, 0.29) is 12.1 Å².